The molecule has 0 aromatic carbocycles. The minimum absolute atomic E-state index is 0.855. The molecule has 0 bridgehead atoms. The van der Waals surface area contributed by atoms with Crippen molar-refractivity contribution in [2.45, 2.75) is 20.4 Å². The Labute approximate surface area is 67.4 Å². The Hall–Kier alpha value is -0.830. The van der Waals surface area contributed by atoms with E-state index in [1.165, 1.54) is 11.3 Å². The van der Waals surface area contributed by atoms with Gasteiger partial charge in [-0.25, -0.2) is 0 Å². The first-order chi connectivity index (χ1) is 5.16. The van der Waals surface area contributed by atoms with Crippen molar-refractivity contribution in [2.75, 3.05) is 7.05 Å². The number of rotatable bonds is 2. The van der Waals surface area contributed by atoms with Gasteiger partial charge < -0.3 is 5.32 Å². The third-order valence-electron chi connectivity index (χ3n) is 2.08. The molecule has 62 valence electrons. The van der Waals surface area contributed by atoms with Gasteiger partial charge in [0, 0.05) is 19.3 Å². The van der Waals surface area contributed by atoms with Gasteiger partial charge in [-0.2, -0.15) is 5.10 Å². The molecule has 0 fully saturated rings. The molecule has 0 amide bonds. The summed E-state index contributed by atoms with van der Waals surface area (Å²) in [5.74, 6) is 0. The molecule has 0 aliphatic rings. The minimum Gasteiger partial charge on any atom is -0.314 e. The summed E-state index contributed by atoms with van der Waals surface area (Å²) in [6.45, 7) is 5.05. The predicted molar refractivity (Wildman–Crippen MR) is 45.4 cm³/mol. The molecule has 3 nitrogen and oxygen atoms in total. The van der Waals surface area contributed by atoms with E-state index < -0.39 is 0 Å². The van der Waals surface area contributed by atoms with Gasteiger partial charge in [-0.15, -0.1) is 0 Å². The third-order valence-corrected chi connectivity index (χ3v) is 2.08. The van der Waals surface area contributed by atoms with Gasteiger partial charge in [0.25, 0.3) is 0 Å². The summed E-state index contributed by atoms with van der Waals surface area (Å²) in [5.41, 5.74) is 3.68. The zero-order valence-electron chi connectivity index (χ0n) is 7.60. The van der Waals surface area contributed by atoms with Crippen molar-refractivity contribution in [3.63, 3.8) is 0 Å². The molecule has 0 atom stereocenters. The number of nitrogens with zero attached hydrogens (tertiary/aromatic N) is 2. The zero-order valence-corrected chi connectivity index (χ0v) is 7.60. The Morgan fingerprint density at radius 2 is 2.09 bits per heavy atom. The minimum atomic E-state index is 0.855. The lowest BCUT2D eigenvalue weighted by Crippen LogP contribution is -2.06. The van der Waals surface area contributed by atoms with E-state index in [-0.39, 0.29) is 0 Å². The van der Waals surface area contributed by atoms with Crippen molar-refractivity contribution in [3.05, 3.63) is 17.0 Å². The number of aromatic nitrogens is 2. The highest BCUT2D eigenvalue weighted by Crippen LogP contribution is 2.09. The second-order valence-electron chi connectivity index (χ2n) is 2.81. The molecule has 0 radical (unpaired) electrons. The Morgan fingerprint density at radius 3 is 2.45 bits per heavy atom. The van der Waals surface area contributed by atoms with E-state index in [2.05, 4.69) is 24.3 Å². The number of aryl methyl sites for hydroxylation is 1. The zero-order chi connectivity index (χ0) is 8.43. The fourth-order valence-corrected chi connectivity index (χ4v) is 1.12. The van der Waals surface area contributed by atoms with E-state index in [4.69, 9.17) is 0 Å². The molecule has 1 N–H and O–H groups in total. The summed E-state index contributed by atoms with van der Waals surface area (Å²) in [7, 11) is 3.91. The highest BCUT2D eigenvalue weighted by atomic mass is 15.3. The van der Waals surface area contributed by atoms with Gasteiger partial charge in [-0.3, -0.25) is 4.68 Å². The topological polar surface area (TPSA) is 29.9 Å². The quantitative estimate of drug-likeness (QED) is 0.679. The maximum absolute atomic E-state index is 4.35. The molecule has 11 heavy (non-hydrogen) atoms. The normalized spacial score (nSPS) is 10.5. The molecule has 0 unspecified atom stereocenters. The van der Waals surface area contributed by atoms with Crippen LogP contribution in [0.5, 0.6) is 0 Å². The highest BCUT2D eigenvalue weighted by Gasteiger charge is 2.05. The molecule has 3 heteroatoms. The van der Waals surface area contributed by atoms with Crippen molar-refractivity contribution >= 4 is 0 Å². The van der Waals surface area contributed by atoms with Gasteiger partial charge in [-0.1, -0.05) is 0 Å². The van der Waals surface area contributed by atoms with Crippen molar-refractivity contribution in [1.29, 1.82) is 0 Å². The third kappa shape index (κ3) is 1.43. The summed E-state index contributed by atoms with van der Waals surface area (Å²) in [5, 5.41) is 7.44. The average Bonchev–Trinajstić information content (AvgIpc) is 2.19. The second kappa shape index (κ2) is 3.05. The van der Waals surface area contributed by atoms with Gasteiger partial charge in [0.2, 0.25) is 0 Å². The van der Waals surface area contributed by atoms with Crippen molar-refractivity contribution in [1.82, 2.24) is 15.1 Å². The molecule has 0 aliphatic carbocycles. The summed E-state index contributed by atoms with van der Waals surface area (Å²) >= 11 is 0. The fraction of sp³-hybridized carbons (Fsp3) is 0.625. The first-order valence-electron chi connectivity index (χ1n) is 3.80. The summed E-state index contributed by atoms with van der Waals surface area (Å²) in [6, 6.07) is 0. The number of nitrogens with one attached hydrogen (secondary N) is 1. The van der Waals surface area contributed by atoms with Crippen LogP contribution in [0.1, 0.15) is 17.0 Å². The highest BCUT2D eigenvalue weighted by molar-refractivity contribution is 5.23. The lowest BCUT2D eigenvalue weighted by atomic mass is 10.2. The lowest BCUT2D eigenvalue weighted by Gasteiger charge is -1.94. The maximum Gasteiger partial charge on any atom is 0.0794 e. The first-order valence-corrected chi connectivity index (χ1v) is 3.80. The van der Waals surface area contributed by atoms with Gasteiger partial charge in [0.05, 0.1) is 5.69 Å². The van der Waals surface area contributed by atoms with Crippen LogP contribution < -0.4 is 5.32 Å². The molecule has 1 heterocycles. The maximum atomic E-state index is 4.35. The molecule has 1 aromatic rings. The Morgan fingerprint density at radius 1 is 1.45 bits per heavy atom. The molecular formula is C8H15N3. The lowest BCUT2D eigenvalue weighted by molar-refractivity contribution is 0.698. The Balaban J connectivity index is 2.98. The molecule has 0 spiro atoms. The van der Waals surface area contributed by atoms with Crippen LogP contribution in [0.3, 0.4) is 0 Å². The summed E-state index contributed by atoms with van der Waals surface area (Å²) in [4.78, 5) is 0. The van der Waals surface area contributed by atoms with Gasteiger partial charge in [0.1, 0.15) is 0 Å². The number of hydrogen-bond acceptors (Lipinski definition) is 2. The van der Waals surface area contributed by atoms with E-state index in [1.54, 1.807) is 0 Å². The van der Waals surface area contributed by atoms with E-state index in [9.17, 15) is 0 Å². The molecular weight excluding hydrogens is 138 g/mol. The van der Waals surface area contributed by atoms with E-state index in [1.807, 2.05) is 18.8 Å². The van der Waals surface area contributed by atoms with Crippen LogP contribution in [-0.4, -0.2) is 16.8 Å². The van der Waals surface area contributed by atoms with E-state index in [0.29, 0.717) is 0 Å². The Kier molecular flexibility index (Phi) is 2.29. The van der Waals surface area contributed by atoms with Crippen LogP contribution >= 0.6 is 0 Å². The Bertz CT molecular complexity index is 250. The molecule has 1 aromatic heterocycles. The predicted octanol–water partition coefficient (Wildman–Crippen LogP) is 0.756. The van der Waals surface area contributed by atoms with Gasteiger partial charge in [0.15, 0.2) is 0 Å². The molecule has 0 saturated carbocycles. The van der Waals surface area contributed by atoms with Crippen molar-refractivity contribution in [3.8, 4) is 0 Å². The molecule has 1 rings (SSSR count). The van der Waals surface area contributed by atoms with Gasteiger partial charge >= 0.3 is 0 Å². The van der Waals surface area contributed by atoms with Crippen molar-refractivity contribution < 1.29 is 0 Å². The van der Waals surface area contributed by atoms with Crippen LogP contribution in [0.25, 0.3) is 0 Å². The van der Waals surface area contributed by atoms with Crippen LogP contribution in [0.4, 0.5) is 0 Å². The smallest absolute Gasteiger partial charge is 0.0794 e. The van der Waals surface area contributed by atoms with Gasteiger partial charge in [-0.05, 0) is 26.5 Å². The SMILES string of the molecule is CNCc1nn(C)c(C)c1C. The van der Waals surface area contributed by atoms with Crippen LogP contribution in [0, 0.1) is 13.8 Å². The van der Waals surface area contributed by atoms with Crippen molar-refractivity contribution in [2.24, 2.45) is 7.05 Å². The fourth-order valence-electron chi connectivity index (χ4n) is 1.12. The average molecular weight is 153 g/mol. The molecule has 0 saturated heterocycles. The standard InChI is InChI=1S/C8H15N3/c1-6-7(2)11(4)10-8(6)5-9-3/h9H,5H2,1-4H3. The van der Waals surface area contributed by atoms with Crippen LogP contribution in [0.15, 0.2) is 0 Å². The molecule has 0 aliphatic heterocycles. The van der Waals surface area contributed by atoms with E-state index >= 15 is 0 Å². The van der Waals surface area contributed by atoms with Crippen LogP contribution in [0.2, 0.25) is 0 Å². The summed E-state index contributed by atoms with van der Waals surface area (Å²) in [6.07, 6.45) is 0. The first kappa shape index (κ1) is 8.27. The monoisotopic (exact) mass is 153 g/mol. The van der Waals surface area contributed by atoms with Crippen LogP contribution in [-0.2, 0) is 13.6 Å². The van der Waals surface area contributed by atoms with E-state index in [0.717, 1.165) is 12.2 Å². The second-order valence-corrected chi connectivity index (χ2v) is 2.81. The largest absolute Gasteiger partial charge is 0.314 e. The number of hydrogen-bond donors (Lipinski definition) is 1. The summed E-state index contributed by atoms with van der Waals surface area (Å²) < 4.78 is 1.92.